The fraction of sp³-hybridized carbons (Fsp3) is 0.579. The van der Waals surface area contributed by atoms with Crippen molar-refractivity contribution < 1.29 is 9.47 Å². The molecule has 0 saturated carbocycles. The van der Waals surface area contributed by atoms with Crippen LogP contribution < -0.4 is 20.1 Å². The molecule has 1 atom stereocenters. The average Bonchev–Trinajstić information content (AvgIpc) is 2.95. The maximum absolute atomic E-state index is 5.43. The van der Waals surface area contributed by atoms with Crippen LogP contribution in [0.3, 0.4) is 0 Å². The predicted octanol–water partition coefficient (Wildman–Crippen LogP) is 3.11. The van der Waals surface area contributed by atoms with Crippen LogP contribution in [0.15, 0.2) is 6.07 Å². The maximum atomic E-state index is 5.43. The topological polar surface area (TPSA) is 68.3 Å². The Bertz CT molecular complexity index is 776. The highest BCUT2D eigenvalue weighted by atomic mass is 35.5. The van der Waals surface area contributed by atoms with Crippen LogP contribution in [0.2, 0.25) is 0 Å². The van der Waals surface area contributed by atoms with Crippen LogP contribution >= 0.6 is 12.4 Å². The highest BCUT2D eigenvalue weighted by Gasteiger charge is 2.24. The number of halogens is 1. The zero-order chi connectivity index (χ0) is 17.2. The third-order valence-electron chi connectivity index (χ3n) is 5.25. The molecule has 0 radical (unpaired) electrons. The second-order valence-corrected chi connectivity index (χ2v) is 6.86. The summed E-state index contributed by atoms with van der Waals surface area (Å²) in [6.07, 6.45) is 6.79. The van der Waals surface area contributed by atoms with Crippen molar-refractivity contribution in [1.29, 1.82) is 0 Å². The summed E-state index contributed by atoms with van der Waals surface area (Å²) in [5.41, 5.74) is 5.48. The van der Waals surface area contributed by atoms with Crippen molar-refractivity contribution in [2.24, 2.45) is 0 Å². The van der Waals surface area contributed by atoms with E-state index >= 15 is 0 Å². The summed E-state index contributed by atoms with van der Waals surface area (Å²) in [5, 5.41) is 7.30. The molecule has 3 heterocycles. The molecular formula is C19H27ClN4O2. The zero-order valence-corrected chi connectivity index (χ0v) is 16.2. The van der Waals surface area contributed by atoms with Gasteiger partial charge in [-0.2, -0.15) is 0 Å². The van der Waals surface area contributed by atoms with Gasteiger partial charge in [0.15, 0.2) is 5.75 Å². The number of nitrogens with one attached hydrogen (secondary N) is 2. The van der Waals surface area contributed by atoms with Gasteiger partial charge in [-0.1, -0.05) is 0 Å². The first kappa shape index (κ1) is 19.0. The summed E-state index contributed by atoms with van der Waals surface area (Å²) < 4.78 is 10.8. The lowest BCUT2D eigenvalue weighted by Gasteiger charge is -2.21. The highest BCUT2D eigenvalue weighted by Crippen LogP contribution is 2.37. The van der Waals surface area contributed by atoms with Crippen LogP contribution in [0, 0.1) is 0 Å². The smallest absolute Gasteiger partial charge is 0.257 e. The Morgan fingerprint density at radius 1 is 1.08 bits per heavy atom. The van der Waals surface area contributed by atoms with Crippen LogP contribution in [0.1, 0.15) is 36.9 Å². The van der Waals surface area contributed by atoms with Gasteiger partial charge in [0.2, 0.25) is 0 Å². The van der Waals surface area contributed by atoms with E-state index in [1.165, 1.54) is 24.1 Å². The van der Waals surface area contributed by atoms with E-state index in [-0.39, 0.29) is 12.4 Å². The van der Waals surface area contributed by atoms with Gasteiger partial charge in [-0.3, -0.25) is 4.98 Å². The Kier molecular flexibility index (Phi) is 6.04. The van der Waals surface area contributed by atoms with Gasteiger partial charge in [-0.25, -0.2) is 4.98 Å². The van der Waals surface area contributed by atoms with Gasteiger partial charge in [-0.05, 0) is 57.2 Å². The van der Waals surface area contributed by atoms with Gasteiger partial charge in [0.25, 0.3) is 5.88 Å². The van der Waals surface area contributed by atoms with Crippen molar-refractivity contribution in [3.63, 3.8) is 0 Å². The van der Waals surface area contributed by atoms with Crippen molar-refractivity contribution in [1.82, 2.24) is 15.3 Å². The van der Waals surface area contributed by atoms with Crippen LogP contribution in [0.25, 0.3) is 11.0 Å². The Morgan fingerprint density at radius 3 is 2.77 bits per heavy atom. The van der Waals surface area contributed by atoms with Crippen molar-refractivity contribution in [2.75, 3.05) is 32.6 Å². The monoisotopic (exact) mass is 378 g/mol. The zero-order valence-electron chi connectivity index (χ0n) is 15.4. The summed E-state index contributed by atoms with van der Waals surface area (Å²) in [7, 11) is 3.26. The molecule has 1 aliphatic carbocycles. The summed E-state index contributed by atoms with van der Waals surface area (Å²) in [5.74, 6) is 1.14. The van der Waals surface area contributed by atoms with E-state index in [1.807, 2.05) is 6.07 Å². The highest BCUT2D eigenvalue weighted by molar-refractivity contribution is 5.92. The van der Waals surface area contributed by atoms with Gasteiger partial charge in [0.05, 0.1) is 25.4 Å². The number of methoxy groups -OCH3 is 2. The normalized spacial score (nSPS) is 19.4. The SMILES string of the molecule is COc1cc2nc3c(c(N[C@@H]4CCCNCC4)c2nc1OC)CCC3.Cl. The molecule has 2 N–H and O–H groups in total. The van der Waals surface area contributed by atoms with E-state index in [9.17, 15) is 0 Å². The Balaban J connectivity index is 0.00000196. The average molecular weight is 379 g/mol. The molecule has 1 aliphatic heterocycles. The van der Waals surface area contributed by atoms with Gasteiger partial charge in [-0.15, -0.1) is 12.4 Å². The predicted molar refractivity (Wildman–Crippen MR) is 106 cm³/mol. The van der Waals surface area contributed by atoms with Crippen LogP contribution in [-0.4, -0.2) is 43.3 Å². The number of hydrogen-bond donors (Lipinski definition) is 2. The number of ether oxygens (including phenoxy) is 2. The molecule has 6 nitrogen and oxygen atoms in total. The minimum Gasteiger partial charge on any atom is -0.491 e. The molecule has 0 bridgehead atoms. The van der Waals surface area contributed by atoms with Gasteiger partial charge in [0.1, 0.15) is 5.52 Å². The molecule has 4 rings (SSSR count). The van der Waals surface area contributed by atoms with Crippen molar-refractivity contribution in [3.8, 4) is 11.6 Å². The van der Waals surface area contributed by atoms with E-state index < -0.39 is 0 Å². The fourth-order valence-electron chi connectivity index (χ4n) is 3.96. The lowest BCUT2D eigenvalue weighted by molar-refractivity contribution is 0.344. The number of fused-ring (bicyclic) bond motifs is 2. The molecule has 1 fully saturated rings. The van der Waals surface area contributed by atoms with Crippen LogP contribution in [-0.2, 0) is 12.8 Å². The first-order valence-electron chi connectivity index (χ1n) is 9.22. The van der Waals surface area contributed by atoms with E-state index in [0.29, 0.717) is 17.7 Å². The maximum Gasteiger partial charge on any atom is 0.257 e. The lowest BCUT2D eigenvalue weighted by atomic mass is 10.1. The van der Waals surface area contributed by atoms with Crippen LogP contribution in [0.4, 0.5) is 5.69 Å². The first-order valence-corrected chi connectivity index (χ1v) is 9.22. The Hall–Kier alpha value is -1.79. The molecule has 1 saturated heterocycles. The fourth-order valence-corrected chi connectivity index (χ4v) is 3.96. The Morgan fingerprint density at radius 2 is 1.96 bits per heavy atom. The summed E-state index contributed by atoms with van der Waals surface area (Å²) in [6.45, 7) is 2.17. The minimum absolute atomic E-state index is 0. The molecule has 2 aromatic heterocycles. The van der Waals surface area contributed by atoms with E-state index in [4.69, 9.17) is 19.4 Å². The number of anilines is 1. The molecule has 142 valence electrons. The molecule has 7 heteroatoms. The molecule has 0 spiro atoms. The quantitative estimate of drug-likeness (QED) is 0.852. The van der Waals surface area contributed by atoms with Gasteiger partial charge < -0.3 is 20.1 Å². The number of pyridine rings is 2. The minimum atomic E-state index is 0. The summed E-state index contributed by atoms with van der Waals surface area (Å²) >= 11 is 0. The molecule has 0 amide bonds. The van der Waals surface area contributed by atoms with Crippen LogP contribution in [0.5, 0.6) is 11.6 Å². The van der Waals surface area contributed by atoms with E-state index in [1.54, 1.807) is 14.2 Å². The molecule has 2 aliphatic rings. The molecule has 2 aromatic rings. The van der Waals surface area contributed by atoms with Crippen molar-refractivity contribution in [2.45, 2.75) is 44.6 Å². The molecule has 0 unspecified atom stereocenters. The van der Waals surface area contributed by atoms with Crippen molar-refractivity contribution >= 4 is 29.1 Å². The largest absolute Gasteiger partial charge is 0.491 e. The standard InChI is InChI=1S/C19H26N4O2.ClH/c1-24-16-11-15-18(23-19(16)25-2)17(13-6-3-7-14(13)22-15)21-12-5-4-9-20-10-8-12;/h11-12,20H,3-10H2,1-2H3,(H,21,22);1H/t12-;/m1./s1. The number of aromatic nitrogens is 2. The van der Waals surface area contributed by atoms with E-state index in [2.05, 4.69) is 10.6 Å². The van der Waals surface area contributed by atoms with Crippen molar-refractivity contribution in [3.05, 3.63) is 17.3 Å². The molecule has 26 heavy (non-hydrogen) atoms. The van der Waals surface area contributed by atoms with E-state index in [0.717, 1.165) is 55.5 Å². The second-order valence-electron chi connectivity index (χ2n) is 6.86. The molecule has 0 aromatic carbocycles. The number of aryl methyl sites for hydroxylation is 1. The number of nitrogens with zero attached hydrogens (tertiary/aromatic N) is 2. The summed E-state index contributed by atoms with van der Waals surface area (Å²) in [4.78, 5) is 9.60. The number of rotatable bonds is 4. The Labute approximate surface area is 160 Å². The third kappa shape index (κ3) is 3.53. The molecular weight excluding hydrogens is 352 g/mol. The first-order chi connectivity index (χ1) is 12.3. The number of hydrogen-bond acceptors (Lipinski definition) is 6. The van der Waals surface area contributed by atoms with Gasteiger partial charge in [0, 0.05) is 17.8 Å². The van der Waals surface area contributed by atoms with Gasteiger partial charge >= 0.3 is 0 Å². The second kappa shape index (κ2) is 8.27. The summed E-state index contributed by atoms with van der Waals surface area (Å²) in [6, 6.07) is 2.42. The third-order valence-corrected chi connectivity index (χ3v) is 5.25. The lowest BCUT2D eigenvalue weighted by Crippen LogP contribution is -2.22.